The molecule has 0 saturated heterocycles. The van der Waals surface area contributed by atoms with Gasteiger partial charge in [-0.1, -0.05) is 12.2 Å². The van der Waals surface area contributed by atoms with Gasteiger partial charge in [0.1, 0.15) is 0 Å². The summed E-state index contributed by atoms with van der Waals surface area (Å²) in [6, 6.07) is 0.668. The maximum absolute atomic E-state index is 5.48. The molecule has 4 atom stereocenters. The van der Waals surface area contributed by atoms with E-state index >= 15 is 0 Å². The number of rotatable bonds is 5. The van der Waals surface area contributed by atoms with Crippen molar-refractivity contribution >= 4 is 0 Å². The molecule has 1 fully saturated rings. The summed E-state index contributed by atoms with van der Waals surface area (Å²) < 4.78 is 0. The second-order valence-corrected chi connectivity index (χ2v) is 4.83. The molecule has 0 aliphatic heterocycles. The zero-order chi connectivity index (χ0) is 9.97. The van der Waals surface area contributed by atoms with Gasteiger partial charge in [-0.05, 0) is 57.0 Å². The Morgan fingerprint density at radius 3 is 2.86 bits per heavy atom. The molecule has 2 rings (SSSR count). The van der Waals surface area contributed by atoms with Crippen LogP contribution in [0.3, 0.4) is 0 Å². The molecule has 2 aliphatic rings. The van der Waals surface area contributed by atoms with Crippen molar-refractivity contribution in [1.29, 1.82) is 0 Å². The molecule has 4 unspecified atom stereocenters. The van der Waals surface area contributed by atoms with Crippen molar-refractivity contribution < 1.29 is 0 Å². The highest BCUT2D eigenvalue weighted by molar-refractivity contribution is 5.11. The van der Waals surface area contributed by atoms with Crippen molar-refractivity contribution in [3.8, 4) is 0 Å². The fraction of sp³-hybridized carbons (Fsp3) is 0.833. The average Bonchev–Trinajstić information content (AvgIpc) is 2.79. The maximum atomic E-state index is 5.48. The third-order valence-electron chi connectivity index (χ3n) is 3.82. The second-order valence-electron chi connectivity index (χ2n) is 4.83. The fourth-order valence-electron chi connectivity index (χ4n) is 2.98. The van der Waals surface area contributed by atoms with E-state index in [0.717, 1.165) is 37.3 Å². The Kier molecular flexibility index (Phi) is 3.24. The van der Waals surface area contributed by atoms with Crippen LogP contribution in [-0.4, -0.2) is 19.1 Å². The Bertz CT molecular complexity index is 212. The van der Waals surface area contributed by atoms with Crippen molar-refractivity contribution in [3.63, 3.8) is 0 Å². The molecule has 14 heavy (non-hydrogen) atoms. The zero-order valence-electron chi connectivity index (χ0n) is 9.08. The van der Waals surface area contributed by atoms with Crippen LogP contribution in [0.5, 0.6) is 0 Å². The number of hydrogen-bond acceptors (Lipinski definition) is 2. The molecule has 0 aromatic heterocycles. The quantitative estimate of drug-likeness (QED) is 0.514. The van der Waals surface area contributed by atoms with Crippen LogP contribution in [-0.2, 0) is 0 Å². The van der Waals surface area contributed by atoms with Gasteiger partial charge in [0.15, 0.2) is 0 Å². The van der Waals surface area contributed by atoms with Crippen LogP contribution in [0.2, 0.25) is 0 Å². The summed E-state index contributed by atoms with van der Waals surface area (Å²) in [6.45, 7) is 4.21. The maximum Gasteiger partial charge on any atom is 0.00728 e. The first-order valence-electron chi connectivity index (χ1n) is 5.93. The Balaban J connectivity index is 1.75. The molecule has 2 bridgehead atoms. The number of hydrogen-bond donors (Lipinski definition) is 2. The van der Waals surface area contributed by atoms with E-state index in [1.165, 1.54) is 12.8 Å². The lowest BCUT2D eigenvalue weighted by Gasteiger charge is -2.26. The molecule has 0 radical (unpaired) electrons. The highest BCUT2D eigenvalue weighted by atomic mass is 14.9. The van der Waals surface area contributed by atoms with Gasteiger partial charge in [0, 0.05) is 6.04 Å². The van der Waals surface area contributed by atoms with Gasteiger partial charge in [0.05, 0.1) is 0 Å². The average molecular weight is 194 g/mol. The first-order valence-corrected chi connectivity index (χ1v) is 5.93. The summed E-state index contributed by atoms with van der Waals surface area (Å²) in [5, 5.41) is 3.60. The van der Waals surface area contributed by atoms with Crippen LogP contribution in [0, 0.1) is 17.8 Å². The van der Waals surface area contributed by atoms with Gasteiger partial charge < -0.3 is 11.1 Å². The first kappa shape index (κ1) is 10.2. The first-order chi connectivity index (χ1) is 6.81. The van der Waals surface area contributed by atoms with E-state index in [1.807, 2.05) is 0 Å². The van der Waals surface area contributed by atoms with Crippen LogP contribution >= 0.6 is 0 Å². The van der Waals surface area contributed by atoms with Crippen molar-refractivity contribution in [3.05, 3.63) is 12.2 Å². The predicted octanol–water partition coefficient (Wildman–Crippen LogP) is 1.53. The Labute approximate surface area is 86.9 Å². The summed E-state index contributed by atoms with van der Waals surface area (Å²) in [4.78, 5) is 0. The lowest BCUT2D eigenvalue weighted by atomic mass is 9.87. The lowest BCUT2D eigenvalue weighted by Crippen LogP contribution is -2.36. The fourth-order valence-corrected chi connectivity index (χ4v) is 2.98. The molecular formula is C12H22N2. The molecule has 0 heterocycles. The van der Waals surface area contributed by atoms with E-state index in [9.17, 15) is 0 Å². The van der Waals surface area contributed by atoms with Crippen LogP contribution in [0.25, 0.3) is 0 Å². The highest BCUT2D eigenvalue weighted by Gasteiger charge is 2.37. The summed E-state index contributed by atoms with van der Waals surface area (Å²) in [5.74, 6) is 2.63. The van der Waals surface area contributed by atoms with Gasteiger partial charge in [0.25, 0.3) is 0 Å². The van der Waals surface area contributed by atoms with Crippen LogP contribution in [0.4, 0.5) is 0 Å². The third-order valence-corrected chi connectivity index (χ3v) is 3.82. The standard InChI is InChI=1S/C12H22N2/c1-9(14-6-2-5-13)12-8-10-3-4-11(12)7-10/h3-4,9-12,14H,2,5-8,13H2,1H3. The van der Waals surface area contributed by atoms with Gasteiger partial charge in [0.2, 0.25) is 0 Å². The molecule has 0 amide bonds. The van der Waals surface area contributed by atoms with E-state index in [2.05, 4.69) is 24.4 Å². The molecule has 3 N–H and O–H groups in total. The SMILES string of the molecule is CC(NCCCN)C1CC2C=CC1C2. The van der Waals surface area contributed by atoms with E-state index in [-0.39, 0.29) is 0 Å². The van der Waals surface area contributed by atoms with E-state index < -0.39 is 0 Å². The molecule has 2 aliphatic carbocycles. The molecule has 2 nitrogen and oxygen atoms in total. The number of allylic oxidation sites excluding steroid dienone is 2. The second kappa shape index (κ2) is 4.45. The molecular weight excluding hydrogens is 172 g/mol. The van der Waals surface area contributed by atoms with E-state index in [1.54, 1.807) is 0 Å². The summed E-state index contributed by atoms with van der Waals surface area (Å²) in [7, 11) is 0. The van der Waals surface area contributed by atoms with Gasteiger partial charge >= 0.3 is 0 Å². The molecule has 0 aromatic rings. The van der Waals surface area contributed by atoms with Crippen LogP contribution in [0.1, 0.15) is 26.2 Å². The highest BCUT2D eigenvalue weighted by Crippen LogP contribution is 2.44. The smallest absolute Gasteiger partial charge is 0.00728 e. The monoisotopic (exact) mass is 194 g/mol. The molecule has 1 saturated carbocycles. The van der Waals surface area contributed by atoms with Crippen molar-refractivity contribution in [2.75, 3.05) is 13.1 Å². The molecule has 80 valence electrons. The van der Waals surface area contributed by atoms with E-state index in [4.69, 9.17) is 5.73 Å². The van der Waals surface area contributed by atoms with Gasteiger partial charge in [-0.3, -0.25) is 0 Å². The van der Waals surface area contributed by atoms with Crippen molar-refractivity contribution in [2.24, 2.45) is 23.5 Å². The topological polar surface area (TPSA) is 38.0 Å². The summed E-state index contributed by atoms with van der Waals surface area (Å²) >= 11 is 0. The van der Waals surface area contributed by atoms with Crippen molar-refractivity contribution in [1.82, 2.24) is 5.32 Å². The zero-order valence-corrected chi connectivity index (χ0v) is 9.08. The minimum absolute atomic E-state index is 0.668. The number of nitrogens with two attached hydrogens (primary N) is 1. The minimum Gasteiger partial charge on any atom is -0.330 e. The van der Waals surface area contributed by atoms with Gasteiger partial charge in [-0.15, -0.1) is 0 Å². The predicted molar refractivity (Wildman–Crippen MR) is 60.0 cm³/mol. The van der Waals surface area contributed by atoms with Crippen LogP contribution < -0.4 is 11.1 Å². The summed E-state index contributed by atoms with van der Waals surface area (Å²) in [6.07, 6.45) is 8.75. The molecule has 0 aromatic carbocycles. The Morgan fingerprint density at radius 1 is 1.43 bits per heavy atom. The van der Waals surface area contributed by atoms with E-state index in [0.29, 0.717) is 6.04 Å². The molecule has 2 heteroatoms. The minimum atomic E-state index is 0.668. The number of nitrogens with one attached hydrogen (secondary N) is 1. The Hall–Kier alpha value is -0.340. The van der Waals surface area contributed by atoms with Gasteiger partial charge in [-0.25, -0.2) is 0 Å². The normalized spacial score (nSPS) is 36.6. The van der Waals surface area contributed by atoms with Crippen LogP contribution in [0.15, 0.2) is 12.2 Å². The number of fused-ring (bicyclic) bond motifs is 2. The third kappa shape index (κ3) is 2.01. The largest absolute Gasteiger partial charge is 0.330 e. The Morgan fingerprint density at radius 2 is 2.29 bits per heavy atom. The summed E-state index contributed by atoms with van der Waals surface area (Å²) in [5.41, 5.74) is 5.48. The van der Waals surface area contributed by atoms with Crippen molar-refractivity contribution in [2.45, 2.75) is 32.2 Å². The molecule has 0 spiro atoms. The lowest BCUT2D eigenvalue weighted by molar-refractivity contribution is 0.327. The van der Waals surface area contributed by atoms with Gasteiger partial charge in [-0.2, -0.15) is 0 Å².